The zero-order valence-corrected chi connectivity index (χ0v) is 34.9. The van der Waals surface area contributed by atoms with E-state index in [4.69, 9.17) is 4.74 Å². The highest BCUT2D eigenvalue weighted by Gasteiger charge is 2.22. The van der Waals surface area contributed by atoms with Crippen LogP contribution in [0.3, 0.4) is 0 Å². The van der Waals surface area contributed by atoms with E-state index in [2.05, 4.69) is 0 Å². The van der Waals surface area contributed by atoms with Crippen LogP contribution in [0.2, 0.25) is 0 Å². The SMILES string of the molecule is CC(=O)OCC(CCCP(CCCC(CO)CS(=O)(=O)O)CCCP(CCCC(CO)CS(=O)(=O)O)CCCC(CO)CS(=O)(=O)O)CS(=O)(=O)O. The van der Waals surface area contributed by atoms with Crippen LogP contribution in [0, 0.1) is 23.7 Å². The first-order valence-electron chi connectivity index (χ1n) is 17.2. The van der Waals surface area contributed by atoms with Crippen molar-refractivity contribution in [3.8, 4) is 0 Å². The Morgan fingerprint density at radius 3 is 0.981 bits per heavy atom. The number of ether oxygens (including phenoxy) is 1. The second-order valence-electron chi connectivity index (χ2n) is 13.4. The van der Waals surface area contributed by atoms with Crippen LogP contribution in [0.25, 0.3) is 0 Å². The zero-order valence-electron chi connectivity index (χ0n) is 29.8. The Morgan fingerprint density at radius 1 is 0.481 bits per heavy atom. The molecule has 0 rings (SSSR count). The van der Waals surface area contributed by atoms with Gasteiger partial charge in [-0.1, -0.05) is 0 Å². The van der Waals surface area contributed by atoms with E-state index in [1.807, 2.05) is 0 Å². The predicted octanol–water partition coefficient (Wildman–Crippen LogP) is 2.02. The fourth-order valence-electron chi connectivity index (χ4n) is 5.93. The van der Waals surface area contributed by atoms with Crippen LogP contribution >= 0.6 is 15.8 Å². The summed E-state index contributed by atoms with van der Waals surface area (Å²) < 4.78 is 133. The van der Waals surface area contributed by atoms with Gasteiger partial charge in [-0.2, -0.15) is 33.7 Å². The van der Waals surface area contributed by atoms with Crippen LogP contribution in [0.15, 0.2) is 0 Å². The molecule has 0 aliphatic carbocycles. The molecule has 0 amide bonds. The van der Waals surface area contributed by atoms with Gasteiger partial charge in [-0.05, 0) is 113 Å². The van der Waals surface area contributed by atoms with Crippen molar-refractivity contribution >= 4 is 62.3 Å². The van der Waals surface area contributed by atoms with Crippen molar-refractivity contribution in [1.82, 2.24) is 0 Å². The molecule has 0 spiro atoms. The third-order valence-electron chi connectivity index (χ3n) is 8.38. The van der Waals surface area contributed by atoms with Crippen molar-refractivity contribution in [2.24, 2.45) is 23.7 Å². The number of hydrogen-bond donors (Lipinski definition) is 7. The molecule has 0 aromatic rings. The first-order valence-corrected chi connectivity index (χ1v) is 27.4. The number of aliphatic hydroxyl groups excluding tert-OH is 3. The Labute approximate surface area is 312 Å². The smallest absolute Gasteiger partial charge is 0.302 e. The normalized spacial score (nSPS) is 16.5. The Hall–Kier alpha value is -0.150. The third-order valence-corrected chi connectivity index (χ3v) is 17.6. The molecule has 5 atom stereocenters. The molecule has 0 heterocycles. The molecule has 5 unspecified atom stereocenters. The minimum atomic E-state index is -4.32. The lowest BCUT2D eigenvalue weighted by molar-refractivity contribution is -0.142. The van der Waals surface area contributed by atoms with Crippen molar-refractivity contribution in [2.45, 2.75) is 64.7 Å². The molecule has 0 aliphatic rings. The zero-order chi connectivity index (χ0) is 40.0. The van der Waals surface area contributed by atoms with Gasteiger partial charge >= 0.3 is 5.97 Å². The fourth-order valence-corrected chi connectivity index (χ4v) is 14.7. The summed E-state index contributed by atoms with van der Waals surface area (Å²) in [5.41, 5.74) is 0. The van der Waals surface area contributed by atoms with Crippen molar-refractivity contribution in [1.29, 1.82) is 0 Å². The van der Waals surface area contributed by atoms with Crippen LogP contribution in [0.5, 0.6) is 0 Å². The first kappa shape index (κ1) is 51.9. The van der Waals surface area contributed by atoms with Crippen molar-refractivity contribution in [3.05, 3.63) is 0 Å². The van der Waals surface area contributed by atoms with Gasteiger partial charge in [0.2, 0.25) is 0 Å². The minimum Gasteiger partial charge on any atom is -0.466 e. The molecule has 0 fully saturated rings. The summed E-state index contributed by atoms with van der Waals surface area (Å²) >= 11 is 0. The predicted molar refractivity (Wildman–Crippen MR) is 202 cm³/mol. The minimum absolute atomic E-state index is 0.173. The Bertz CT molecular complexity index is 1380. The van der Waals surface area contributed by atoms with E-state index in [1.54, 1.807) is 0 Å². The van der Waals surface area contributed by atoms with Crippen LogP contribution in [-0.2, 0) is 50.0 Å². The molecule has 0 aromatic heterocycles. The molecule has 0 radical (unpaired) electrons. The Morgan fingerprint density at radius 2 is 0.731 bits per heavy atom. The number of esters is 1. The van der Waals surface area contributed by atoms with E-state index in [1.165, 1.54) is 6.92 Å². The molecule has 23 heteroatoms. The molecule has 0 aromatic carbocycles. The topological polar surface area (TPSA) is 304 Å². The number of carbonyl (C=O) groups is 1. The average Bonchev–Trinajstić information content (AvgIpc) is 2.98. The molecular weight excluding hydrogens is 811 g/mol. The summed E-state index contributed by atoms with van der Waals surface area (Å²) in [5, 5.41) is 28.8. The highest BCUT2D eigenvalue weighted by Crippen LogP contribution is 2.44. The van der Waals surface area contributed by atoms with E-state index in [0.717, 1.165) is 18.7 Å². The lowest BCUT2D eigenvalue weighted by atomic mass is 10.1. The van der Waals surface area contributed by atoms with Gasteiger partial charge in [-0.25, -0.2) is 0 Å². The molecular formula is C29H60O17P2S4. The maximum absolute atomic E-state index is 11.5. The molecule has 0 saturated carbocycles. The van der Waals surface area contributed by atoms with E-state index < -0.39 is 129 Å². The Kier molecular flexibility index (Phi) is 26.6. The van der Waals surface area contributed by atoms with Crippen molar-refractivity contribution in [2.75, 3.05) is 86.4 Å². The summed E-state index contributed by atoms with van der Waals surface area (Å²) in [4.78, 5) is 11.3. The average molecular weight is 871 g/mol. The van der Waals surface area contributed by atoms with Gasteiger partial charge in [0, 0.05) is 32.7 Å². The summed E-state index contributed by atoms with van der Waals surface area (Å²) in [7, 11) is -18.5. The molecule has 0 aliphatic heterocycles. The lowest BCUT2D eigenvalue weighted by Gasteiger charge is -2.24. The van der Waals surface area contributed by atoms with Gasteiger partial charge in [-0.3, -0.25) is 23.0 Å². The van der Waals surface area contributed by atoms with Gasteiger partial charge in [0.15, 0.2) is 0 Å². The standard InChI is InChI=1S/C29H60O17P2S4/c1-25(33)46-20-29(24-52(43,44)45)10-5-14-48(13-4-9-28(19-32)23-51(40,41)42)16-6-15-47(11-2-7-26(17-30)21-49(34,35)36)12-3-8-27(18-31)22-50(37,38)39/h26-32H,2-24H2,1H3,(H,34,35,36)(H,37,38,39)(H,40,41,42)(H,43,44,45). The largest absolute Gasteiger partial charge is 0.466 e. The third kappa shape index (κ3) is 32.1. The molecule has 0 saturated heterocycles. The maximum atomic E-state index is 11.5. The molecule has 52 heavy (non-hydrogen) atoms. The fraction of sp³-hybridized carbons (Fsp3) is 0.966. The monoisotopic (exact) mass is 870 g/mol. The first-order chi connectivity index (χ1) is 23.9. The van der Waals surface area contributed by atoms with Crippen molar-refractivity contribution < 1.29 is 76.7 Å². The quantitative estimate of drug-likeness (QED) is 0.0282. The number of carbonyl (C=O) groups excluding carboxylic acids is 1. The van der Waals surface area contributed by atoms with E-state index in [0.29, 0.717) is 76.0 Å². The molecule has 312 valence electrons. The van der Waals surface area contributed by atoms with Crippen LogP contribution in [-0.4, -0.2) is 160 Å². The Balaban J connectivity index is 5.68. The summed E-state index contributed by atoms with van der Waals surface area (Å²) in [6.07, 6.45) is 8.85. The summed E-state index contributed by atoms with van der Waals surface area (Å²) in [6, 6.07) is 0. The molecule has 7 N–H and O–H groups in total. The summed E-state index contributed by atoms with van der Waals surface area (Å²) in [5.74, 6) is -5.39. The van der Waals surface area contributed by atoms with Gasteiger partial charge in [-0.15, -0.1) is 15.8 Å². The van der Waals surface area contributed by atoms with Gasteiger partial charge < -0.3 is 20.1 Å². The second-order valence-corrected chi connectivity index (χ2v) is 24.8. The van der Waals surface area contributed by atoms with Crippen molar-refractivity contribution in [3.63, 3.8) is 0 Å². The number of aliphatic hydroxyl groups is 3. The molecule has 17 nitrogen and oxygen atoms in total. The number of rotatable bonds is 33. The summed E-state index contributed by atoms with van der Waals surface area (Å²) in [6.45, 7) is -0.228. The van der Waals surface area contributed by atoms with E-state index in [9.17, 15) is 72.0 Å². The van der Waals surface area contributed by atoms with Gasteiger partial charge in [0.1, 0.15) is 0 Å². The number of hydrogen-bond acceptors (Lipinski definition) is 13. The van der Waals surface area contributed by atoms with Gasteiger partial charge in [0.05, 0.1) is 29.6 Å². The highest BCUT2D eigenvalue weighted by molar-refractivity contribution is 7.86. The second kappa shape index (κ2) is 26.7. The maximum Gasteiger partial charge on any atom is 0.302 e. The highest BCUT2D eigenvalue weighted by atomic mass is 32.2. The molecule has 0 bridgehead atoms. The van der Waals surface area contributed by atoms with Crippen LogP contribution in [0.1, 0.15) is 64.7 Å². The van der Waals surface area contributed by atoms with E-state index in [-0.39, 0.29) is 6.61 Å². The van der Waals surface area contributed by atoms with Crippen LogP contribution < -0.4 is 0 Å². The lowest BCUT2D eigenvalue weighted by Crippen LogP contribution is -2.22. The van der Waals surface area contributed by atoms with Crippen LogP contribution in [0.4, 0.5) is 0 Å². The van der Waals surface area contributed by atoms with E-state index >= 15 is 0 Å². The van der Waals surface area contributed by atoms with Gasteiger partial charge in [0.25, 0.3) is 40.5 Å².